The lowest BCUT2D eigenvalue weighted by Gasteiger charge is -1.98. The number of nitrogen functional groups attached to an aromatic ring is 1. The molecule has 0 aliphatic rings. The van der Waals surface area contributed by atoms with Gasteiger partial charge in [-0.25, -0.2) is 0 Å². The zero-order valence-corrected chi connectivity index (χ0v) is 7.35. The number of anilines is 2. The van der Waals surface area contributed by atoms with E-state index in [1.54, 1.807) is 14.2 Å². The first kappa shape index (κ1) is 8.86. The number of H-pyrrole nitrogens is 1. The van der Waals surface area contributed by atoms with Gasteiger partial charge < -0.3 is 15.8 Å². The second kappa shape index (κ2) is 3.96. The van der Waals surface area contributed by atoms with E-state index in [2.05, 4.69) is 15.5 Å². The average molecular weight is 170 g/mol. The minimum absolute atomic E-state index is 0.637. The van der Waals surface area contributed by atoms with Crippen molar-refractivity contribution >= 4 is 11.5 Å². The van der Waals surface area contributed by atoms with Crippen molar-refractivity contribution < 1.29 is 4.74 Å². The average Bonchev–Trinajstić information content (AvgIpc) is 2.43. The molecule has 1 aromatic rings. The molecule has 0 saturated heterocycles. The molecule has 0 bridgehead atoms. The SMILES string of the molecule is CNc1[nH]nc(CCOC)c1N. The van der Waals surface area contributed by atoms with Crippen molar-refractivity contribution in [1.82, 2.24) is 10.2 Å². The minimum atomic E-state index is 0.637. The summed E-state index contributed by atoms with van der Waals surface area (Å²) in [6.45, 7) is 0.637. The number of hydrogen-bond donors (Lipinski definition) is 3. The number of ether oxygens (including phenoxy) is 1. The fraction of sp³-hybridized carbons (Fsp3) is 0.571. The van der Waals surface area contributed by atoms with Crippen molar-refractivity contribution in [2.75, 3.05) is 31.8 Å². The normalized spacial score (nSPS) is 10.2. The minimum Gasteiger partial charge on any atom is -0.394 e. The van der Waals surface area contributed by atoms with Crippen molar-refractivity contribution in [3.05, 3.63) is 5.69 Å². The Labute approximate surface area is 71.3 Å². The molecule has 0 aliphatic carbocycles. The van der Waals surface area contributed by atoms with Crippen LogP contribution in [0.3, 0.4) is 0 Å². The number of rotatable bonds is 4. The summed E-state index contributed by atoms with van der Waals surface area (Å²) in [5.41, 5.74) is 7.27. The molecule has 12 heavy (non-hydrogen) atoms. The van der Waals surface area contributed by atoms with E-state index in [9.17, 15) is 0 Å². The molecule has 0 saturated carbocycles. The van der Waals surface area contributed by atoms with Crippen LogP contribution in [0.5, 0.6) is 0 Å². The number of aromatic nitrogens is 2. The summed E-state index contributed by atoms with van der Waals surface area (Å²) in [5, 5.41) is 9.73. The molecule has 68 valence electrons. The van der Waals surface area contributed by atoms with E-state index in [1.807, 2.05) is 0 Å². The van der Waals surface area contributed by atoms with Gasteiger partial charge in [-0.05, 0) is 0 Å². The highest BCUT2D eigenvalue weighted by molar-refractivity contribution is 5.63. The van der Waals surface area contributed by atoms with E-state index in [4.69, 9.17) is 10.5 Å². The number of nitrogens with two attached hydrogens (primary N) is 1. The molecule has 1 rings (SSSR count). The van der Waals surface area contributed by atoms with Crippen LogP contribution in [-0.4, -0.2) is 31.0 Å². The smallest absolute Gasteiger partial charge is 0.145 e. The second-order valence-corrected chi connectivity index (χ2v) is 2.45. The summed E-state index contributed by atoms with van der Waals surface area (Å²) >= 11 is 0. The highest BCUT2D eigenvalue weighted by Gasteiger charge is 2.07. The van der Waals surface area contributed by atoms with Gasteiger partial charge in [0.15, 0.2) is 0 Å². The Bertz CT molecular complexity index is 246. The van der Waals surface area contributed by atoms with Gasteiger partial charge in [0.1, 0.15) is 5.82 Å². The van der Waals surface area contributed by atoms with Crippen LogP contribution < -0.4 is 11.1 Å². The van der Waals surface area contributed by atoms with Gasteiger partial charge in [-0.1, -0.05) is 0 Å². The summed E-state index contributed by atoms with van der Waals surface area (Å²) in [5.74, 6) is 0.765. The molecule has 1 aromatic heterocycles. The Morgan fingerprint density at radius 1 is 1.67 bits per heavy atom. The van der Waals surface area contributed by atoms with E-state index < -0.39 is 0 Å². The number of nitrogens with zero attached hydrogens (tertiary/aromatic N) is 1. The maximum Gasteiger partial charge on any atom is 0.145 e. The van der Waals surface area contributed by atoms with Crippen LogP contribution in [0.4, 0.5) is 11.5 Å². The predicted molar refractivity (Wildman–Crippen MR) is 48.1 cm³/mol. The van der Waals surface area contributed by atoms with Crippen molar-refractivity contribution in [3.63, 3.8) is 0 Å². The van der Waals surface area contributed by atoms with Crippen molar-refractivity contribution in [1.29, 1.82) is 0 Å². The van der Waals surface area contributed by atoms with E-state index in [0.29, 0.717) is 12.3 Å². The van der Waals surface area contributed by atoms with Gasteiger partial charge in [0, 0.05) is 20.6 Å². The van der Waals surface area contributed by atoms with Crippen LogP contribution in [0, 0.1) is 0 Å². The maximum atomic E-state index is 5.74. The van der Waals surface area contributed by atoms with Crippen molar-refractivity contribution in [3.8, 4) is 0 Å². The van der Waals surface area contributed by atoms with Gasteiger partial charge in [0.05, 0.1) is 18.0 Å². The molecule has 0 aliphatic heterocycles. The first-order valence-electron chi connectivity index (χ1n) is 3.79. The molecule has 4 N–H and O–H groups in total. The quantitative estimate of drug-likeness (QED) is 0.604. The van der Waals surface area contributed by atoms with Gasteiger partial charge in [-0.15, -0.1) is 0 Å². The largest absolute Gasteiger partial charge is 0.394 e. The zero-order chi connectivity index (χ0) is 8.97. The molecule has 5 nitrogen and oxygen atoms in total. The molecular formula is C7H14N4O. The van der Waals surface area contributed by atoms with Crippen LogP contribution >= 0.6 is 0 Å². The number of methoxy groups -OCH3 is 1. The fourth-order valence-electron chi connectivity index (χ4n) is 0.968. The molecule has 0 spiro atoms. The molecule has 0 amide bonds. The van der Waals surface area contributed by atoms with Crippen LogP contribution in [-0.2, 0) is 11.2 Å². The molecular weight excluding hydrogens is 156 g/mol. The second-order valence-electron chi connectivity index (χ2n) is 2.45. The molecule has 5 heteroatoms. The van der Waals surface area contributed by atoms with Crippen molar-refractivity contribution in [2.24, 2.45) is 0 Å². The van der Waals surface area contributed by atoms with E-state index >= 15 is 0 Å². The van der Waals surface area contributed by atoms with Crippen LogP contribution in [0.25, 0.3) is 0 Å². The standard InChI is InChI=1S/C7H14N4O/c1-9-7-6(8)5(10-11-7)3-4-12-2/h3-4,8H2,1-2H3,(H2,9,10,11). The Morgan fingerprint density at radius 3 is 2.92 bits per heavy atom. The third-order valence-electron chi connectivity index (χ3n) is 1.68. The molecule has 0 unspecified atom stereocenters. The summed E-state index contributed by atoms with van der Waals surface area (Å²) in [7, 11) is 3.45. The van der Waals surface area contributed by atoms with Gasteiger partial charge >= 0.3 is 0 Å². The lowest BCUT2D eigenvalue weighted by Crippen LogP contribution is -1.99. The number of nitrogens with one attached hydrogen (secondary N) is 2. The summed E-state index contributed by atoms with van der Waals surface area (Å²) in [4.78, 5) is 0. The molecule has 0 atom stereocenters. The predicted octanol–water partition coefficient (Wildman–Crippen LogP) is 0.222. The highest BCUT2D eigenvalue weighted by atomic mass is 16.5. The topological polar surface area (TPSA) is 76.0 Å². The van der Waals surface area contributed by atoms with E-state index in [0.717, 1.165) is 17.9 Å². The molecule has 1 heterocycles. The van der Waals surface area contributed by atoms with Gasteiger partial charge in [0.25, 0.3) is 0 Å². The van der Waals surface area contributed by atoms with Crippen LogP contribution in [0.15, 0.2) is 0 Å². The van der Waals surface area contributed by atoms with Crippen LogP contribution in [0.2, 0.25) is 0 Å². The van der Waals surface area contributed by atoms with Crippen LogP contribution in [0.1, 0.15) is 5.69 Å². The summed E-state index contributed by atoms with van der Waals surface area (Å²) < 4.78 is 4.91. The monoisotopic (exact) mass is 170 g/mol. The Kier molecular flexibility index (Phi) is 2.93. The molecule has 0 radical (unpaired) electrons. The zero-order valence-electron chi connectivity index (χ0n) is 7.35. The summed E-state index contributed by atoms with van der Waals surface area (Å²) in [6, 6.07) is 0. The Morgan fingerprint density at radius 2 is 2.42 bits per heavy atom. The lowest BCUT2D eigenvalue weighted by molar-refractivity contribution is 0.201. The Balaban J connectivity index is 2.66. The van der Waals surface area contributed by atoms with Gasteiger partial charge in [-0.2, -0.15) is 5.10 Å². The number of hydrogen-bond acceptors (Lipinski definition) is 4. The Hall–Kier alpha value is -1.23. The highest BCUT2D eigenvalue weighted by Crippen LogP contribution is 2.18. The van der Waals surface area contributed by atoms with Gasteiger partial charge in [0.2, 0.25) is 0 Å². The van der Waals surface area contributed by atoms with Crippen molar-refractivity contribution in [2.45, 2.75) is 6.42 Å². The van der Waals surface area contributed by atoms with E-state index in [-0.39, 0.29) is 0 Å². The number of aromatic amines is 1. The first-order valence-corrected chi connectivity index (χ1v) is 3.79. The lowest BCUT2D eigenvalue weighted by atomic mass is 10.3. The first-order chi connectivity index (χ1) is 5.79. The maximum absolute atomic E-state index is 5.74. The molecule has 0 fully saturated rings. The third-order valence-corrected chi connectivity index (χ3v) is 1.68. The van der Waals surface area contributed by atoms with Gasteiger partial charge in [-0.3, -0.25) is 5.10 Å². The van der Waals surface area contributed by atoms with E-state index in [1.165, 1.54) is 0 Å². The molecule has 0 aromatic carbocycles. The fourth-order valence-corrected chi connectivity index (χ4v) is 0.968. The third kappa shape index (κ3) is 1.68. The summed E-state index contributed by atoms with van der Waals surface area (Å²) in [6.07, 6.45) is 0.737.